The van der Waals surface area contributed by atoms with Crippen LogP contribution < -0.4 is 4.74 Å². The van der Waals surface area contributed by atoms with E-state index in [0.717, 1.165) is 40.8 Å². The Morgan fingerprint density at radius 3 is 2.00 bits per heavy atom. The molecule has 3 nitrogen and oxygen atoms in total. The highest BCUT2D eigenvalue weighted by molar-refractivity contribution is 5.55. The SMILES string of the molecule is CCCCC[C@H]1CC[C@H]([C@H]2CC[C@H](c3ccc(-c4ncc(OCC)cn4)cc3)CC2)CC1. The number of nitrogens with zero attached hydrogens (tertiary/aromatic N) is 2. The van der Waals surface area contributed by atoms with Crippen molar-refractivity contribution in [3.8, 4) is 17.1 Å². The lowest BCUT2D eigenvalue weighted by Crippen LogP contribution is -2.25. The van der Waals surface area contributed by atoms with Gasteiger partial charge in [-0.15, -0.1) is 0 Å². The monoisotopic (exact) mass is 434 g/mol. The van der Waals surface area contributed by atoms with Gasteiger partial charge in [-0.05, 0) is 74.7 Å². The number of benzene rings is 1. The van der Waals surface area contributed by atoms with Crippen molar-refractivity contribution in [1.82, 2.24) is 9.97 Å². The van der Waals surface area contributed by atoms with Gasteiger partial charge in [0.2, 0.25) is 0 Å². The third-order valence-corrected chi connectivity index (χ3v) is 8.13. The minimum atomic E-state index is 0.639. The molecule has 4 rings (SSSR count). The van der Waals surface area contributed by atoms with Gasteiger partial charge in [0.15, 0.2) is 11.6 Å². The Kier molecular flexibility index (Phi) is 8.59. The first-order valence-corrected chi connectivity index (χ1v) is 13.3. The lowest BCUT2D eigenvalue weighted by atomic mass is 9.68. The summed E-state index contributed by atoms with van der Waals surface area (Å²) in [6.07, 6.45) is 20.9. The predicted molar refractivity (Wildman–Crippen MR) is 133 cm³/mol. The van der Waals surface area contributed by atoms with Crippen LogP contribution in [0, 0.1) is 17.8 Å². The minimum Gasteiger partial charge on any atom is -0.491 e. The summed E-state index contributed by atoms with van der Waals surface area (Å²) in [4.78, 5) is 8.92. The maximum absolute atomic E-state index is 5.45. The van der Waals surface area contributed by atoms with Gasteiger partial charge in [0.25, 0.3) is 0 Å². The maximum atomic E-state index is 5.45. The van der Waals surface area contributed by atoms with E-state index in [9.17, 15) is 0 Å². The zero-order chi connectivity index (χ0) is 22.2. The van der Waals surface area contributed by atoms with Crippen LogP contribution in [0.15, 0.2) is 36.7 Å². The van der Waals surface area contributed by atoms with Crippen LogP contribution in [-0.2, 0) is 0 Å². The molecule has 3 heteroatoms. The number of hydrogen-bond donors (Lipinski definition) is 0. The van der Waals surface area contributed by atoms with E-state index in [1.807, 2.05) is 6.92 Å². The number of aromatic nitrogens is 2. The molecular weight excluding hydrogens is 392 g/mol. The van der Waals surface area contributed by atoms with Crippen molar-refractivity contribution < 1.29 is 4.74 Å². The highest BCUT2D eigenvalue weighted by atomic mass is 16.5. The van der Waals surface area contributed by atoms with Crippen molar-refractivity contribution in [3.63, 3.8) is 0 Å². The van der Waals surface area contributed by atoms with E-state index in [-0.39, 0.29) is 0 Å². The van der Waals surface area contributed by atoms with E-state index in [1.165, 1.54) is 82.6 Å². The molecule has 0 N–H and O–H groups in total. The number of hydrogen-bond acceptors (Lipinski definition) is 3. The molecule has 0 saturated heterocycles. The summed E-state index contributed by atoms with van der Waals surface area (Å²) in [5.74, 6) is 5.26. The fourth-order valence-electron chi connectivity index (χ4n) is 6.17. The standard InChI is InChI=1S/C29H42N2O/c1-3-5-6-7-22-8-10-23(11-9-22)24-12-14-25(15-13-24)26-16-18-27(19-17-26)29-30-20-28(21-31-29)32-4-2/h16-25H,3-15H2,1-2H3/t22-,23-,24-,25-. The van der Waals surface area contributed by atoms with Crippen molar-refractivity contribution in [2.24, 2.45) is 17.8 Å². The molecule has 0 atom stereocenters. The minimum absolute atomic E-state index is 0.639. The molecule has 174 valence electrons. The van der Waals surface area contributed by atoms with Crippen LogP contribution in [0.1, 0.15) is 102 Å². The molecular formula is C29H42N2O. The van der Waals surface area contributed by atoms with Crippen LogP contribution in [0.5, 0.6) is 5.75 Å². The molecule has 2 saturated carbocycles. The Morgan fingerprint density at radius 2 is 1.41 bits per heavy atom. The molecule has 1 aromatic heterocycles. The topological polar surface area (TPSA) is 35.0 Å². The first-order valence-electron chi connectivity index (χ1n) is 13.3. The number of ether oxygens (including phenoxy) is 1. The molecule has 2 aliphatic carbocycles. The van der Waals surface area contributed by atoms with Gasteiger partial charge in [-0.1, -0.05) is 69.7 Å². The summed E-state index contributed by atoms with van der Waals surface area (Å²) in [7, 11) is 0. The third-order valence-electron chi connectivity index (χ3n) is 8.13. The second-order valence-electron chi connectivity index (χ2n) is 10.2. The summed E-state index contributed by atoms with van der Waals surface area (Å²) >= 11 is 0. The smallest absolute Gasteiger partial charge is 0.159 e. The van der Waals surface area contributed by atoms with Gasteiger partial charge in [0.1, 0.15) is 0 Å². The second-order valence-corrected chi connectivity index (χ2v) is 10.2. The quantitative estimate of drug-likeness (QED) is 0.373. The molecule has 0 bridgehead atoms. The van der Waals surface area contributed by atoms with Crippen molar-refractivity contribution >= 4 is 0 Å². The number of rotatable bonds is 9. The molecule has 2 aliphatic rings. The van der Waals surface area contributed by atoms with Crippen molar-refractivity contribution in [1.29, 1.82) is 0 Å². The van der Waals surface area contributed by atoms with Gasteiger partial charge in [-0.3, -0.25) is 0 Å². The van der Waals surface area contributed by atoms with Crippen molar-refractivity contribution in [2.75, 3.05) is 6.61 Å². The first kappa shape index (κ1) is 23.3. The third kappa shape index (κ3) is 6.11. The second kappa shape index (κ2) is 11.8. The van der Waals surface area contributed by atoms with Gasteiger partial charge in [0, 0.05) is 5.56 Å². The molecule has 0 unspecified atom stereocenters. The highest BCUT2D eigenvalue weighted by Crippen LogP contribution is 2.44. The molecule has 2 fully saturated rings. The largest absolute Gasteiger partial charge is 0.491 e. The van der Waals surface area contributed by atoms with Gasteiger partial charge >= 0.3 is 0 Å². The molecule has 2 aromatic rings. The molecule has 0 amide bonds. The van der Waals surface area contributed by atoms with Gasteiger partial charge in [-0.25, -0.2) is 9.97 Å². The highest BCUT2D eigenvalue weighted by Gasteiger charge is 2.31. The average Bonchev–Trinajstić information content (AvgIpc) is 2.86. The van der Waals surface area contributed by atoms with Crippen LogP contribution in [0.3, 0.4) is 0 Å². The maximum Gasteiger partial charge on any atom is 0.159 e. The fourth-order valence-corrected chi connectivity index (χ4v) is 6.17. The first-order chi connectivity index (χ1) is 15.8. The summed E-state index contributed by atoms with van der Waals surface area (Å²) in [5, 5.41) is 0. The van der Waals surface area contributed by atoms with E-state index >= 15 is 0 Å². The summed E-state index contributed by atoms with van der Waals surface area (Å²) in [6, 6.07) is 9.00. The van der Waals surface area contributed by atoms with Crippen LogP contribution in [0.4, 0.5) is 0 Å². The van der Waals surface area contributed by atoms with Gasteiger partial charge in [0.05, 0.1) is 19.0 Å². The summed E-state index contributed by atoms with van der Waals surface area (Å²) in [5.41, 5.74) is 2.58. The van der Waals surface area contributed by atoms with Crippen LogP contribution in [0.2, 0.25) is 0 Å². The van der Waals surface area contributed by atoms with Crippen LogP contribution >= 0.6 is 0 Å². The Labute approximate surface area is 195 Å². The van der Waals surface area contributed by atoms with Crippen LogP contribution in [0.25, 0.3) is 11.4 Å². The molecule has 32 heavy (non-hydrogen) atoms. The van der Waals surface area contributed by atoms with Crippen molar-refractivity contribution in [2.45, 2.75) is 96.8 Å². The van der Waals surface area contributed by atoms with E-state index in [0.29, 0.717) is 6.61 Å². The van der Waals surface area contributed by atoms with E-state index < -0.39 is 0 Å². The number of unbranched alkanes of at least 4 members (excludes halogenated alkanes) is 2. The normalized spacial score (nSPS) is 26.1. The average molecular weight is 435 g/mol. The molecule has 0 aliphatic heterocycles. The Balaban J connectivity index is 1.24. The Morgan fingerprint density at radius 1 is 0.781 bits per heavy atom. The predicted octanol–water partition coefficient (Wildman–Crippen LogP) is 8.20. The van der Waals surface area contributed by atoms with Gasteiger partial charge < -0.3 is 4.74 Å². The Bertz CT molecular complexity index is 785. The van der Waals surface area contributed by atoms with E-state index in [1.54, 1.807) is 12.4 Å². The lowest BCUT2D eigenvalue weighted by molar-refractivity contribution is 0.155. The van der Waals surface area contributed by atoms with Gasteiger partial charge in [-0.2, -0.15) is 0 Å². The summed E-state index contributed by atoms with van der Waals surface area (Å²) in [6.45, 7) is 4.93. The molecule has 1 aromatic carbocycles. The van der Waals surface area contributed by atoms with E-state index in [2.05, 4.69) is 41.2 Å². The molecule has 0 radical (unpaired) electrons. The zero-order valence-electron chi connectivity index (χ0n) is 20.3. The fraction of sp³-hybridized carbons (Fsp3) is 0.655. The molecule has 1 heterocycles. The lowest BCUT2D eigenvalue weighted by Gasteiger charge is -2.38. The Hall–Kier alpha value is -1.90. The summed E-state index contributed by atoms with van der Waals surface area (Å²) < 4.78 is 5.45. The zero-order valence-corrected chi connectivity index (χ0v) is 20.3. The van der Waals surface area contributed by atoms with Crippen molar-refractivity contribution in [3.05, 3.63) is 42.2 Å². The van der Waals surface area contributed by atoms with Crippen LogP contribution in [-0.4, -0.2) is 16.6 Å². The van der Waals surface area contributed by atoms with E-state index in [4.69, 9.17) is 4.74 Å². The molecule has 0 spiro atoms.